The van der Waals surface area contributed by atoms with E-state index in [1.807, 2.05) is 48.5 Å². The maximum atomic E-state index is 13.6. The highest BCUT2D eigenvalue weighted by Gasteiger charge is 2.30. The van der Waals surface area contributed by atoms with Crippen molar-refractivity contribution in [3.05, 3.63) is 92.3 Å². The highest BCUT2D eigenvalue weighted by Crippen LogP contribution is 2.44. The highest BCUT2D eigenvalue weighted by atomic mass is 127. The van der Waals surface area contributed by atoms with Crippen LogP contribution in [0.2, 0.25) is 0 Å². The number of carbonyl (C=O) groups excluding carboxylic acids is 3. The van der Waals surface area contributed by atoms with Gasteiger partial charge in [0.1, 0.15) is 26.3 Å². The number of nitrogens with one attached hydrogen (secondary N) is 2. The van der Waals surface area contributed by atoms with E-state index in [1.54, 1.807) is 7.11 Å². The third kappa shape index (κ3) is 11.0. The first-order valence-electron chi connectivity index (χ1n) is 15.8. The number of rotatable bonds is 19. The van der Waals surface area contributed by atoms with Gasteiger partial charge in [-0.15, -0.1) is 0 Å². The van der Waals surface area contributed by atoms with Crippen molar-refractivity contribution in [2.24, 2.45) is 0 Å². The van der Waals surface area contributed by atoms with Crippen molar-refractivity contribution in [2.75, 3.05) is 70.9 Å². The summed E-state index contributed by atoms with van der Waals surface area (Å²) in [6.07, 6.45) is 0.532. The van der Waals surface area contributed by atoms with E-state index < -0.39 is 48.4 Å². The molecule has 0 spiro atoms. The van der Waals surface area contributed by atoms with Gasteiger partial charge in [0.2, 0.25) is 5.91 Å². The van der Waals surface area contributed by atoms with E-state index >= 15 is 0 Å². The molecule has 1 aliphatic carbocycles. The first-order valence-corrected chi connectivity index (χ1v) is 17.3. The third-order valence-corrected chi connectivity index (χ3v) is 8.18. The molecule has 1 aliphatic rings. The van der Waals surface area contributed by atoms with Gasteiger partial charge < -0.3 is 33.9 Å². The minimum atomic E-state index is -0.829. The summed E-state index contributed by atoms with van der Waals surface area (Å²) in [5.41, 5.74) is 3.18. The molecule has 2 N–H and O–H groups in total. The minimum absolute atomic E-state index is 0.0534. The molecule has 2 amide bonds. The Hall–Kier alpha value is -4.06. The molecule has 0 saturated carbocycles. The SMILES string of the molecule is COCCOCCOC[C@@H](CN(CC(=O)OCCI)C(=O)Cn1cc(C)c(=O)[nH]c1=O)NC(=O)OCC1c2ccccc2-c2ccccc21. The number of carbonyl (C=O) groups is 3. The lowest BCUT2D eigenvalue weighted by Gasteiger charge is -2.28. The number of esters is 1. The van der Waals surface area contributed by atoms with Crippen LogP contribution in [-0.4, -0.2) is 109 Å². The van der Waals surface area contributed by atoms with Crippen LogP contribution in [0.3, 0.4) is 0 Å². The summed E-state index contributed by atoms with van der Waals surface area (Å²) < 4.78 is 28.7. The molecule has 15 heteroatoms. The van der Waals surface area contributed by atoms with E-state index in [4.69, 9.17) is 23.7 Å². The Bertz CT molecular complexity index is 1650. The Kier molecular flexibility index (Phi) is 14.8. The van der Waals surface area contributed by atoms with Crippen LogP contribution in [0.1, 0.15) is 22.6 Å². The summed E-state index contributed by atoms with van der Waals surface area (Å²) in [6, 6.07) is 15.1. The lowest BCUT2D eigenvalue weighted by Crippen LogP contribution is -2.51. The van der Waals surface area contributed by atoms with Crippen molar-refractivity contribution in [1.82, 2.24) is 19.8 Å². The predicted molar refractivity (Wildman–Crippen MR) is 188 cm³/mol. The number of aryl methyl sites for hydroxylation is 1. The molecule has 14 nitrogen and oxygen atoms in total. The first kappa shape index (κ1) is 37.8. The fourth-order valence-corrected chi connectivity index (χ4v) is 5.61. The van der Waals surface area contributed by atoms with Crippen LogP contribution >= 0.6 is 22.6 Å². The van der Waals surface area contributed by atoms with Crippen molar-refractivity contribution >= 4 is 40.6 Å². The van der Waals surface area contributed by atoms with E-state index in [9.17, 15) is 24.0 Å². The Morgan fingerprint density at radius 2 is 1.59 bits per heavy atom. The predicted octanol–water partition coefficient (Wildman–Crippen LogP) is 2.24. The summed E-state index contributed by atoms with van der Waals surface area (Å²) in [4.78, 5) is 67.1. The van der Waals surface area contributed by atoms with Crippen molar-refractivity contribution in [2.45, 2.75) is 25.4 Å². The minimum Gasteiger partial charge on any atom is -0.464 e. The number of alkyl halides is 1. The van der Waals surface area contributed by atoms with Crippen molar-refractivity contribution in [3.63, 3.8) is 0 Å². The number of nitrogens with zero attached hydrogens (tertiary/aromatic N) is 2. The van der Waals surface area contributed by atoms with Gasteiger partial charge in [-0.25, -0.2) is 9.59 Å². The molecule has 1 aromatic heterocycles. The molecule has 0 aliphatic heterocycles. The van der Waals surface area contributed by atoms with Crippen molar-refractivity contribution in [1.29, 1.82) is 0 Å². The number of alkyl carbamates (subject to hydrolysis) is 1. The average Bonchev–Trinajstić information content (AvgIpc) is 3.41. The molecule has 1 heterocycles. The standard InChI is InChI=1S/C34H41IN4O10/c1-23-17-39(33(43)37-32(23)42)19-30(40)38(20-31(41)48-12-11-35)18-24(21-47-16-15-46-14-13-45-2)36-34(44)49-22-29-27-9-5-3-7-25(27)26-8-4-6-10-28(26)29/h3-10,17,24,29H,11-16,18-22H2,1-2H3,(H,36,44)(H,37,42,43)/t24-/m1/s1. The number of methoxy groups -OCH3 is 1. The lowest BCUT2D eigenvalue weighted by molar-refractivity contribution is -0.149. The Morgan fingerprint density at radius 1 is 0.939 bits per heavy atom. The number of amides is 2. The average molecular weight is 793 g/mol. The number of fused-ring (bicyclic) bond motifs is 3. The van der Waals surface area contributed by atoms with Gasteiger partial charge in [-0.2, -0.15) is 0 Å². The number of ether oxygens (including phenoxy) is 5. The maximum Gasteiger partial charge on any atom is 0.407 e. The molecule has 264 valence electrons. The number of halogens is 1. The number of benzene rings is 2. The lowest BCUT2D eigenvalue weighted by atomic mass is 9.98. The largest absolute Gasteiger partial charge is 0.464 e. The molecule has 2 aromatic carbocycles. The van der Waals surface area contributed by atoms with Gasteiger partial charge in [0.25, 0.3) is 5.56 Å². The Morgan fingerprint density at radius 3 is 2.27 bits per heavy atom. The summed E-state index contributed by atoms with van der Waals surface area (Å²) in [5, 5.41) is 2.78. The molecule has 3 aromatic rings. The number of hydrogen-bond acceptors (Lipinski definition) is 10. The van der Waals surface area contributed by atoms with Gasteiger partial charge in [0.15, 0.2) is 0 Å². The quantitative estimate of drug-likeness (QED) is 0.0796. The van der Waals surface area contributed by atoms with Gasteiger partial charge in [-0.3, -0.25) is 23.9 Å². The number of aromatic amines is 1. The zero-order valence-electron chi connectivity index (χ0n) is 27.5. The maximum absolute atomic E-state index is 13.6. The van der Waals surface area contributed by atoms with Gasteiger partial charge >= 0.3 is 17.8 Å². The highest BCUT2D eigenvalue weighted by molar-refractivity contribution is 14.1. The van der Waals surface area contributed by atoms with Crippen LogP contribution in [-0.2, 0) is 39.8 Å². The zero-order valence-corrected chi connectivity index (χ0v) is 29.6. The topological polar surface area (TPSA) is 167 Å². The third-order valence-electron chi connectivity index (χ3n) is 7.74. The molecule has 0 unspecified atom stereocenters. The van der Waals surface area contributed by atoms with Crippen LogP contribution in [0.15, 0.2) is 64.3 Å². The second-order valence-electron chi connectivity index (χ2n) is 11.2. The smallest absolute Gasteiger partial charge is 0.407 e. The Labute approximate surface area is 297 Å². The fraction of sp³-hybridized carbons (Fsp3) is 0.441. The molecule has 0 radical (unpaired) electrons. The fourth-order valence-electron chi connectivity index (χ4n) is 5.39. The summed E-state index contributed by atoms with van der Waals surface area (Å²) in [7, 11) is 1.57. The van der Waals surface area contributed by atoms with E-state index in [0.717, 1.165) is 26.8 Å². The van der Waals surface area contributed by atoms with Crippen LogP contribution in [0.5, 0.6) is 0 Å². The molecule has 49 heavy (non-hydrogen) atoms. The normalized spacial score (nSPS) is 12.6. The molecule has 1 atom stereocenters. The second-order valence-corrected chi connectivity index (χ2v) is 12.3. The van der Waals surface area contributed by atoms with Crippen molar-refractivity contribution < 1.29 is 38.1 Å². The molecule has 4 rings (SSSR count). The molecule has 0 saturated heterocycles. The van der Waals surface area contributed by atoms with Crippen LogP contribution < -0.4 is 16.6 Å². The van der Waals surface area contributed by atoms with Crippen LogP contribution in [0.25, 0.3) is 11.1 Å². The van der Waals surface area contributed by atoms with Crippen LogP contribution in [0, 0.1) is 6.92 Å². The summed E-state index contributed by atoms with van der Waals surface area (Å²) in [5.74, 6) is -1.45. The monoisotopic (exact) mass is 792 g/mol. The van der Waals surface area contributed by atoms with Gasteiger partial charge in [-0.05, 0) is 29.2 Å². The molecular weight excluding hydrogens is 751 g/mol. The number of aromatic nitrogens is 2. The first-order chi connectivity index (χ1) is 23.7. The van der Waals surface area contributed by atoms with Gasteiger partial charge in [0.05, 0.1) is 39.1 Å². The summed E-state index contributed by atoms with van der Waals surface area (Å²) in [6.45, 7) is 1.83. The molecule has 0 fully saturated rings. The van der Waals surface area contributed by atoms with E-state index in [2.05, 4.69) is 32.9 Å². The van der Waals surface area contributed by atoms with E-state index in [0.29, 0.717) is 17.6 Å². The van der Waals surface area contributed by atoms with E-state index in [-0.39, 0.29) is 51.1 Å². The molecular formula is C34H41IN4O10. The van der Waals surface area contributed by atoms with E-state index in [1.165, 1.54) is 18.0 Å². The second kappa shape index (κ2) is 19.2. The molecule has 0 bridgehead atoms. The summed E-state index contributed by atoms with van der Waals surface area (Å²) >= 11 is 2.06. The van der Waals surface area contributed by atoms with Gasteiger partial charge in [0, 0.05) is 35.8 Å². The Balaban J connectivity index is 1.48. The number of H-pyrrole nitrogens is 1. The van der Waals surface area contributed by atoms with Crippen LogP contribution in [0.4, 0.5) is 4.79 Å². The van der Waals surface area contributed by atoms with Crippen molar-refractivity contribution in [3.8, 4) is 11.1 Å². The zero-order chi connectivity index (χ0) is 35.2. The van der Waals surface area contributed by atoms with Gasteiger partial charge in [-0.1, -0.05) is 71.1 Å². The number of hydrogen-bond donors (Lipinski definition) is 2.